The lowest BCUT2D eigenvalue weighted by Gasteiger charge is -2.28. The highest BCUT2D eigenvalue weighted by atomic mass is 16.6. The average molecular weight is 346 g/mol. The Hall–Kier alpha value is -3.54. The minimum atomic E-state index is -0.545. The van der Waals surface area contributed by atoms with Crippen LogP contribution in [0.15, 0.2) is 48.5 Å². The Morgan fingerprint density at radius 1 is 0.923 bits per heavy atom. The van der Waals surface area contributed by atoms with E-state index in [1.54, 1.807) is 30.3 Å². The minimum Gasteiger partial charge on any atom is -0.268 e. The summed E-state index contributed by atoms with van der Waals surface area (Å²) in [6, 6.07) is 13.0. The van der Waals surface area contributed by atoms with E-state index in [9.17, 15) is 19.7 Å². The minimum absolute atomic E-state index is 0.172. The Morgan fingerprint density at radius 2 is 1.62 bits per heavy atom. The predicted molar refractivity (Wildman–Crippen MR) is 97.7 cm³/mol. The molecule has 0 saturated carbocycles. The van der Waals surface area contributed by atoms with Crippen LogP contribution in [0.5, 0.6) is 0 Å². The molecule has 1 heterocycles. The summed E-state index contributed by atoms with van der Waals surface area (Å²) in [6.07, 6.45) is 0. The summed E-state index contributed by atoms with van der Waals surface area (Å²) in [4.78, 5) is 38.0. The molecule has 0 saturated heterocycles. The fourth-order valence-corrected chi connectivity index (χ4v) is 3.39. The number of amides is 2. The monoisotopic (exact) mass is 346 g/mol. The van der Waals surface area contributed by atoms with E-state index < -0.39 is 16.7 Å². The molecule has 0 unspecified atom stereocenters. The van der Waals surface area contributed by atoms with E-state index in [1.165, 1.54) is 12.1 Å². The number of non-ortho nitro benzene ring substituents is 1. The number of carbonyl (C=O) groups excluding carboxylic acids is 2. The van der Waals surface area contributed by atoms with Crippen molar-refractivity contribution in [3.05, 3.63) is 80.9 Å². The molecule has 1 aliphatic heterocycles. The summed E-state index contributed by atoms with van der Waals surface area (Å²) in [5.74, 6) is -0.966. The molecule has 0 aromatic heterocycles. The zero-order valence-electron chi connectivity index (χ0n) is 14.1. The Kier molecular flexibility index (Phi) is 3.37. The van der Waals surface area contributed by atoms with Gasteiger partial charge in [-0.1, -0.05) is 24.3 Å². The molecule has 0 aliphatic carbocycles. The molecule has 0 spiro atoms. The van der Waals surface area contributed by atoms with Crippen LogP contribution in [0.4, 0.5) is 11.4 Å². The van der Waals surface area contributed by atoms with Crippen LogP contribution in [0.3, 0.4) is 0 Å². The predicted octanol–water partition coefficient (Wildman–Crippen LogP) is 4.17. The highest BCUT2D eigenvalue weighted by Crippen LogP contribution is 2.36. The molecule has 1 aliphatic rings. The lowest BCUT2D eigenvalue weighted by atomic mass is 9.92. The highest BCUT2D eigenvalue weighted by Gasteiger charge is 2.36. The van der Waals surface area contributed by atoms with Crippen LogP contribution < -0.4 is 4.90 Å². The van der Waals surface area contributed by atoms with Crippen LogP contribution >= 0.6 is 0 Å². The lowest BCUT2D eigenvalue weighted by molar-refractivity contribution is -0.384. The van der Waals surface area contributed by atoms with Crippen LogP contribution in [0.2, 0.25) is 0 Å². The Bertz CT molecular complexity index is 1130. The van der Waals surface area contributed by atoms with E-state index in [4.69, 9.17) is 0 Å². The zero-order chi connectivity index (χ0) is 18.6. The highest BCUT2D eigenvalue weighted by molar-refractivity contribution is 6.36. The summed E-state index contributed by atoms with van der Waals surface area (Å²) in [5, 5.41) is 12.2. The molecule has 6 nitrogen and oxygen atoms in total. The Labute approximate surface area is 148 Å². The SMILES string of the molecule is Cc1cccc(N2C(=O)c3cccc4cc([N+](=O)[O-])cc(c34)C2=O)c1C. The second kappa shape index (κ2) is 5.49. The molecule has 0 N–H and O–H groups in total. The largest absolute Gasteiger partial charge is 0.270 e. The van der Waals surface area contributed by atoms with Gasteiger partial charge in [-0.2, -0.15) is 0 Å². The molecular weight excluding hydrogens is 332 g/mol. The van der Waals surface area contributed by atoms with Gasteiger partial charge in [-0.15, -0.1) is 0 Å². The van der Waals surface area contributed by atoms with Crippen molar-refractivity contribution < 1.29 is 14.5 Å². The number of carbonyl (C=O) groups is 2. The van der Waals surface area contributed by atoms with E-state index in [-0.39, 0.29) is 11.3 Å². The number of hydrogen-bond donors (Lipinski definition) is 0. The number of aryl methyl sites for hydroxylation is 1. The number of rotatable bonds is 2. The van der Waals surface area contributed by atoms with Crippen LogP contribution in [0.1, 0.15) is 31.8 Å². The van der Waals surface area contributed by atoms with E-state index >= 15 is 0 Å². The third-order valence-corrected chi connectivity index (χ3v) is 4.86. The molecule has 4 rings (SSSR count). The van der Waals surface area contributed by atoms with Gasteiger partial charge in [0.05, 0.1) is 16.2 Å². The number of benzene rings is 3. The van der Waals surface area contributed by atoms with E-state index in [0.29, 0.717) is 22.0 Å². The van der Waals surface area contributed by atoms with Crippen molar-refractivity contribution in [3.63, 3.8) is 0 Å². The van der Waals surface area contributed by atoms with Crippen LogP contribution in [-0.4, -0.2) is 16.7 Å². The van der Waals surface area contributed by atoms with Crippen molar-refractivity contribution in [2.24, 2.45) is 0 Å². The van der Waals surface area contributed by atoms with Crippen molar-refractivity contribution in [3.8, 4) is 0 Å². The molecular formula is C20H14N2O4. The number of nitro benzene ring substituents is 1. The summed E-state index contributed by atoms with van der Waals surface area (Å²) in [7, 11) is 0. The standard InChI is InChI=1S/C20H14N2O4/c1-11-5-3-8-17(12(11)2)21-19(23)15-7-4-6-13-9-14(22(25)26)10-16(18(13)15)20(21)24/h3-10H,1-2H3. The molecule has 2 amide bonds. The molecule has 6 heteroatoms. The van der Waals surface area contributed by atoms with E-state index in [1.807, 2.05) is 19.9 Å². The number of imide groups is 1. The van der Waals surface area contributed by atoms with Gasteiger partial charge >= 0.3 is 0 Å². The fraction of sp³-hybridized carbons (Fsp3) is 0.100. The van der Waals surface area contributed by atoms with Crippen LogP contribution in [0, 0.1) is 24.0 Å². The van der Waals surface area contributed by atoms with Crippen molar-refractivity contribution in [2.45, 2.75) is 13.8 Å². The first kappa shape index (κ1) is 16.0. The molecule has 3 aromatic rings. The van der Waals surface area contributed by atoms with Crippen LogP contribution in [0.25, 0.3) is 10.8 Å². The maximum atomic E-state index is 13.1. The van der Waals surface area contributed by atoms with Gasteiger partial charge in [0.1, 0.15) is 0 Å². The Morgan fingerprint density at radius 3 is 2.35 bits per heavy atom. The summed E-state index contributed by atoms with van der Waals surface area (Å²) in [6.45, 7) is 3.74. The van der Waals surface area contributed by atoms with Gasteiger partial charge in [0.25, 0.3) is 17.5 Å². The topological polar surface area (TPSA) is 80.5 Å². The van der Waals surface area contributed by atoms with Crippen molar-refractivity contribution in [2.75, 3.05) is 4.90 Å². The first-order valence-corrected chi connectivity index (χ1v) is 8.06. The maximum absolute atomic E-state index is 13.1. The molecule has 128 valence electrons. The Balaban J connectivity index is 2.03. The average Bonchev–Trinajstić information content (AvgIpc) is 2.62. The number of anilines is 1. The second-order valence-corrected chi connectivity index (χ2v) is 6.32. The van der Waals surface area contributed by atoms with Gasteiger partial charge in [-0.25, -0.2) is 4.90 Å². The normalized spacial score (nSPS) is 13.4. The van der Waals surface area contributed by atoms with Gasteiger partial charge in [0.2, 0.25) is 0 Å². The molecule has 0 bridgehead atoms. The first-order valence-electron chi connectivity index (χ1n) is 8.06. The van der Waals surface area contributed by atoms with Crippen molar-refractivity contribution in [1.29, 1.82) is 0 Å². The quantitative estimate of drug-likeness (QED) is 0.396. The number of hydrogen-bond acceptors (Lipinski definition) is 4. The molecule has 3 aromatic carbocycles. The molecule has 26 heavy (non-hydrogen) atoms. The summed E-state index contributed by atoms with van der Waals surface area (Å²) >= 11 is 0. The van der Waals surface area contributed by atoms with Gasteiger partial charge in [0.15, 0.2) is 0 Å². The van der Waals surface area contributed by atoms with Crippen LogP contribution in [-0.2, 0) is 0 Å². The first-order chi connectivity index (χ1) is 12.4. The van der Waals surface area contributed by atoms with Gasteiger partial charge in [-0.3, -0.25) is 19.7 Å². The maximum Gasteiger partial charge on any atom is 0.270 e. The van der Waals surface area contributed by atoms with Gasteiger partial charge in [-0.05, 0) is 42.5 Å². The molecule has 0 radical (unpaired) electrons. The van der Waals surface area contributed by atoms with Crippen molar-refractivity contribution >= 4 is 34.0 Å². The fourth-order valence-electron chi connectivity index (χ4n) is 3.39. The van der Waals surface area contributed by atoms with E-state index in [0.717, 1.165) is 16.0 Å². The molecule has 0 atom stereocenters. The smallest absolute Gasteiger partial charge is 0.268 e. The van der Waals surface area contributed by atoms with Gasteiger partial charge < -0.3 is 0 Å². The van der Waals surface area contributed by atoms with Crippen molar-refractivity contribution in [1.82, 2.24) is 0 Å². The van der Waals surface area contributed by atoms with Gasteiger partial charge in [0, 0.05) is 23.1 Å². The second-order valence-electron chi connectivity index (χ2n) is 6.32. The third kappa shape index (κ3) is 2.12. The molecule has 0 fully saturated rings. The number of nitro groups is 1. The lowest BCUT2D eigenvalue weighted by Crippen LogP contribution is -2.41. The van der Waals surface area contributed by atoms with E-state index in [2.05, 4.69) is 0 Å². The third-order valence-electron chi connectivity index (χ3n) is 4.86. The number of nitrogens with zero attached hydrogens (tertiary/aromatic N) is 2. The summed E-state index contributed by atoms with van der Waals surface area (Å²) in [5.41, 5.74) is 2.63. The summed E-state index contributed by atoms with van der Waals surface area (Å²) < 4.78 is 0. The zero-order valence-corrected chi connectivity index (χ0v) is 14.1.